The van der Waals surface area contributed by atoms with Gasteiger partial charge in [-0.3, -0.25) is 10.1 Å². The molecule has 0 aliphatic carbocycles. The molecule has 0 saturated heterocycles. The van der Waals surface area contributed by atoms with E-state index >= 15 is 0 Å². The van der Waals surface area contributed by atoms with Crippen LogP contribution >= 0.6 is 0 Å². The molecular weight excluding hydrogens is 276 g/mol. The number of non-ortho nitro benzene ring substituents is 1. The Balaban J connectivity index is 2.11. The van der Waals surface area contributed by atoms with Crippen molar-refractivity contribution in [3.05, 3.63) is 64.2 Å². The number of para-hydroxylation sites is 1. The number of aromatic carboxylic acids is 1. The molecule has 0 aliphatic rings. The summed E-state index contributed by atoms with van der Waals surface area (Å²) in [5.41, 5.74) is 0.899. The number of carboxylic acid groups (broad SMARTS) is 1. The van der Waals surface area contributed by atoms with Crippen LogP contribution in [0.1, 0.15) is 16.1 Å². The molecule has 3 rings (SSSR count). The standard InChI is InChI=1S/C14H10N2O5/c17-14(18)13-10(5-7-21-13)8-15-6-4-9-2-1-3-11(12(9)15)16(19)20/h1-7H,8H2,(H,17,18). The van der Waals surface area contributed by atoms with Crippen molar-refractivity contribution in [2.75, 3.05) is 0 Å². The monoisotopic (exact) mass is 286 g/mol. The number of carboxylic acids is 1. The molecule has 0 saturated carbocycles. The molecule has 0 bridgehead atoms. The van der Waals surface area contributed by atoms with Crippen LogP contribution in [-0.4, -0.2) is 20.6 Å². The van der Waals surface area contributed by atoms with Gasteiger partial charge < -0.3 is 14.1 Å². The van der Waals surface area contributed by atoms with E-state index in [-0.39, 0.29) is 18.0 Å². The highest BCUT2D eigenvalue weighted by molar-refractivity contribution is 5.89. The molecule has 1 N–H and O–H groups in total. The molecule has 0 amide bonds. The van der Waals surface area contributed by atoms with Crippen LogP contribution in [0, 0.1) is 10.1 Å². The van der Waals surface area contributed by atoms with E-state index in [4.69, 9.17) is 9.52 Å². The van der Waals surface area contributed by atoms with Crippen LogP contribution in [0.25, 0.3) is 10.9 Å². The Morgan fingerprint density at radius 2 is 2.14 bits per heavy atom. The largest absolute Gasteiger partial charge is 0.475 e. The van der Waals surface area contributed by atoms with Crippen molar-refractivity contribution < 1.29 is 19.2 Å². The fourth-order valence-electron chi connectivity index (χ4n) is 2.35. The van der Waals surface area contributed by atoms with Crippen LogP contribution in [-0.2, 0) is 6.54 Å². The molecule has 0 radical (unpaired) electrons. The number of nitro benzene ring substituents is 1. The minimum atomic E-state index is -1.17. The van der Waals surface area contributed by atoms with Gasteiger partial charge in [-0.25, -0.2) is 4.79 Å². The molecule has 7 nitrogen and oxygen atoms in total. The smallest absolute Gasteiger partial charge is 0.372 e. The summed E-state index contributed by atoms with van der Waals surface area (Å²) in [6.07, 6.45) is 2.98. The number of nitro groups is 1. The number of furan rings is 1. The molecule has 0 unspecified atom stereocenters. The van der Waals surface area contributed by atoms with Crippen LogP contribution in [0.15, 0.2) is 47.2 Å². The summed E-state index contributed by atoms with van der Waals surface area (Å²) in [6, 6.07) is 8.11. The van der Waals surface area contributed by atoms with Gasteiger partial charge in [-0.2, -0.15) is 0 Å². The lowest BCUT2D eigenvalue weighted by Crippen LogP contribution is -2.04. The van der Waals surface area contributed by atoms with Crippen LogP contribution in [0.4, 0.5) is 5.69 Å². The normalized spacial score (nSPS) is 10.9. The Hall–Kier alpha value is -3.09. The van der Waals surface area contributed by atoms with Crippen LogP contribution in [0.3, 0.4) is 0 Å². The van der Waals surface area contributed by atoms with Crippen molar-refractivity contribution in [2.45, 2.75) is 6.54 Å². The van der Waals surface area contributed by atoms with Crippen LogP contribution < -0.4 is 0 Å². The van der Waals surface area contributed by atoms with Crippen molar-refractivity contribution >= 4 is 22.6 Å². The third-order valence-corrected chi connectivity index (χ3v) is 3.25. The van der Waals surface area contributed by atoms with E-state index in [1.54, 1.807) is 35.0 Å². The first-order valence-corrected chi connectivity index (χ1v) is 6.10. The van der Waals surface area contributed by atoms with E-state index in [1.165, 1.54) is 12.3 Å². The van der Waals surface area contributed by atoms with Gasteiger partial charge in [0.1, 0.15) is 5.52 Å². The molecule has 0 spiro atoms. The third kappa shape index (κ3) is 2.14. The topological polar surface area (TPSA) is 98.5 Å². The van der Waals surface area contributed by atoms with E-state index in [0.717, 1.165) is 5.39 Å². The summed E-state index contributed by atoms with van der Waals surface area (Å²) in [6.45, 7) is 0.187. The minimum absolute atomic E-state index is 0.0159. The van der Waals surface area contributed by atoms with Gasteiger partial charge in [-0.05, 0) is 12.1 Å². The number of nitrogens with zero attached hydrogens (tertiary/aromatic N) is 2. The first-order valence-electron chi connectivity index (χ1n) is 6.10. The van der Waals surface area contributed by atoms with Crippen LogP contribution in [0.5, 0.6) is 0 Å². The van der Waals surface area contributed by atoms with Crippen LogP contribution in [0.2, 0.25) is 0 Å². The maximum Gasteiger partial charge on any atom is 0.372 e. The molecule has 106 valence electrons. The van der Waals surface area contributed by atoms with Gasteiger partial charge in [-0.15, -0.1) is 0 Å². The van der Waals surface area contributed by atoms with Gasteiger partial charge in [-0.1, -0.05) is 12.1 Å². The Kier molecular flexibility index (Phi) is 2.94. The zero-order chi connectivity index (χ0) is 15.0. The second-order valence-corrected chi connectivity index (χ2v) is 4.50. The summed E-state index contributed by atoms with van der Waals surface area (Å²) in [7, 11) is 0. The number of hydrogen-bond acceptors (Lipinski definition) is 4. The molecule has 1 aromatic carbocycles. The maximum absolute atomic E-state index is 11.1. The maximum atomic E-state index is 11.1. The number of rotatable bonds is 4. The third-order valence-electron chi connectivity index (χ3n) is 3.25. The van der Waals surface area contributed by atoms with E-state index < -0.39 is 10.9 Å². The van der Waals surface area contributed by atoms with Gasteiger partial charge in [0.05, 0.1) is 17.7 Å². The summed E-state index contributed by atoms with van der Waals surface area (Å²) >= 11 is 0. The second-order valence-electron chi connectivity index (χ2n) is 4.50. The van der Waals surface area contributed by atoms with E-state index in [1.807, 2.05) is 0 Å². The lowest BCUT2D eigenvalue weighted by atomic mass is 10.2. The van der Waals surface area contributed by atoms with E-state index in [9.17, 15) is 14.9 Å². The Morgan fingerprint density at radius 1 is 1.33 bits per heavy atom. The molecule has 2 heterocycles. The van der Waals surface area contributed by atoms with Crippen molar-refractivity contribution in [1.29, 1.82) is 0 Å². The fraction of sp³-hybridized carbons (Fsp3) is 0.0714. The number of benzene rings is 1. The molecular formula is C14H10N2O5. The van der Waals surface area contributed by atoms with Gasteiger partial charge in [0.2, 0.25) is 5.76 Å². The fourth-order valence-corrected chi connectivity index (χ4v) is 2.35. The molecule has 2 aromatic heterocycles. The van der Waals surface area contributed by atoms with Gasteiger partial charge in [0.25, 0.3) is 5.69 Å². The second kappa shape index (κ2) is 4.78. The zero-order valence-corrected chi connectivity index (χ0v) is 10.7. The highest BCUT2D eigenvalue weighted by Crippen LogP contribution is 2.27. The molecule has 0 atom stereocenters. The first-order chi connectivity index (χ1) is 10.1. The lowest BCUT2D eigenvalue weighted by molar-refractivity contribution is -0.383. The molecule has 21 heavy (non-hydrogen) atoms. The van der Waals surface area contributed by atoms with E-state index in [0.29, 0.717) is 11.1 Å². The molecule has 0 aliphatic heterocycles. The Bertz CT molecular complexity index is 846. The summed E-state index contributed by atoms with van der Waals surface area (Å²) < 4.78 is 6.56. The average Bonchev–Trinajstić information content (AvgIpc) is 3.06. The van der Waals surface area contributed by atoms with Gasteiger partial charge in [0, 0.05) is 23.2 Å². The van der Waals surface area contributed by atoms with Crippen molar-refractivity contribution in [1.82, 2.24) is 4.57 Å². The van der Waals surface area contributed by atoms with Gasteiger partial charge >= 0.3 is 5.97 Å². The van der Waals surface area contributed by atoms with Gasteiger partial charge in [0.15, 0.2) is 0 Å². The SMILES string of the molecule is O=C(O)c1occc1Cn1ccc2cccc([N+](=O)[O-])c21. The summed E-state index contributed by atoms with van der Waals surface area (Å²) in [5, 5.41) is 20.9. The summed E-state index contributed by atoms with van der Waals surface area (Å²) in [4.78, 5) is 21.7. The predicted molar refractivity (Wildman–Crippen MR) is 73.4 cm³/mol. The average molecular weight is 286 g/mol. The Labute approximate surface area is 118 Å². The minimum Gasteiger partial charge on any atom is -0.475 e. The van der Waals surface area contributed by atoms with Crippen molar-refractivity contribution in [3.8, 4) is 0 Å². The number of carbonyl (C=O) groups is 1. The van der Waals surface area contributed by atoms with Crippen molar-refractivity contribution in [2.24, 2.45) is 0 Å². The quantitative estimate of drug-likeness (QED) is 0.587. The number of aromatic nitrogens is 1. The number of hydrogen-bond donors (Lipinski definition) is 1. The lowest BCUT2D eigenvalue weighted by Gasteiger charge is -2.05. The van der Waals surface area contributed by atoms with Crippen molar-refractivity contribution in [3.63, 3.8) is 0 Å². The van der Waals surface area contributed by atoms with E-state index in [2.05, 4.69) is 0 Å². The molecule has 0 fully saturated rings. The zero-order valence-electron chi connectivity index (χ0n) is 10.7. The first kappa shape index (κ1) is 12.9. The molecule has 3 aromatic rings. The highest BCUT2D eigenvalue weighted by Gasteiger charge is 2.18. The number of fused-ring (bicyclic) bond motifs is 1. The Morgan fingerprint density at radius 3 is 2.86 bits per heavy atom. The predicted octanol–water partition coefficient (Wildman–Crippen LogP) is 2.89. The summed E-state index contributed by atoms with van der Waals surface area (Å²) in [5.74, 6) is -1.32. The molecule has 7 heteroatoms. The highest BCUT2D eigenvalue weighted by atomic mass is 16.6.